The monoisotopic (exact) mass is 518 g/mol. The number of allylic oxidation sites excluding steroid dienone is 2. The molecule has 1 N–H and O–H groups in total. The first-order valence-electron chi connectivity index (χ1n) is 13.3. The Morgan fingerprint density at radius 1 is 0.590 bits per heavy atom. The fraction of sp³-hybridized carbons (Fsp3) is 0.250. The first-order chi connectivity index (χ1) is 19.0. The number of hydrogen-bond acceptors (Lipinski definition) is 5. The van der Waals surface area contributed by atoms with Crippen molar-refractivity contribution in [2.45, 2.75) is 18.8 Å². The lowest BCUT2D eigenvalue weighted by atomic mass is 9.57. The smallest absolute Gasteiger partial charge is 0.238 e. The molecule has 2 aliphatic carbocycles. The molecule has 3 aromatic rings. The number of anilines is 2. The summed E-state index contributed by atoms with van der Waals surface area (Å²) in [7, 11) is 0. The van der Waals surface area contributed by atoms with Crippen molar-refractivity contribution in [2.24, 2.45) is 29.6 Å². The minimum absolute atomic E-state index is 0.0445. The molecule has 7 rings (SSSR count). The lowest BCUT2D eigenvalue weighted by Crippen LogP contribution is -2.43. The normalized spacial score (nSPS) is 29.7. The van der Waals surface area contributed by atoms with Crippen LogP contribution in [0.2, 0.25) is 0 Å². The van der Waals surface area contributed by atoms with Crippen LogP contribution in [0.1, 0.15) is 24.3 Å². The van der Waals surface area contributed by atoms with Gasteiger partial charge in [-0.2, -0.15) is 0 Å². The minimum Gasteiger partial charge on any atom is -0.508 e. The van der Waals surface area contributed by atoms with Gasteiger partial charge in [0.25, 0.3) is 0 Å². The summed E-state index contributed by atoms with van der Waals surface area (Å²) in [5.74, 6) is -4.54. The molecule has 194 valence electrons. The summed E-state index contributed by atoms with van der Waals surface area (Å²) < 4.78 is 0. The molecule has 3 aromatic carbocycles. The van der Waals surface area contributed by atoms with Crippen LogP contribution in [0.25, 0.3) is 0 Å². The second-order valence-electron chi connectivity index (χ2n) is 10.8. The highest BCUT2D eigenvalue weighted by Gasteiger charge is 2.62. The molecule has 1 saturated carbocycles. The number of aromatic hydroxyl groups is 1. The van der Waals surface area contributed by atoms with E-state index >= 15 is 0 Å². The van der Waals surface area contributed by atoms with E-state index in [0.717, 1.165) is 5.57 Å². The van der Waals surface area contributed by atoms with Gasteiger partial charge in [0.15, 0.2) is 0 Å². The van der Waals surface area contributed by atoms with Crippen LogP contribution in [-0.4, -0.2) is 28.7 Å². The Morgan fingerprint density at radius 3 is 1.74 bits per heavy atom. The Hall–Kier alpha value is -4.52. The first-order valence-corrected chi connectivity index (χ1v) is 13.3. The largest absolute Gasteiger partial charge is 0.508 e. The van der Waals surface area contributed by atoms with Crippen molar-refractivity contribution in [3.05, 3.63) is 102 Å². The maximum absolute atomic E-state index is 14.0. The number of para-hydroxylation sites is 3. The van der Waals surface area contributed by atoms with E-state index < -0.39 is 35.5 Å². The number of amides is 4. The summed E-state index contributed by atoms with van der Waals surface area (Å²) in [5.41, 5.74) is 2.48. The van der Waals surface area contributed by atoms with Crippen molar-refractivity contribution in [2.75, 3.05) is 9.80 Å². The quantitative estimate of drug-likeness (QED) is 0.409. The van der Waals surface area contributed by atoms with Crippen LogP contribution in [0, 0.1) is 29.6 Å². The van der Waals surface area contributed by atoms with E-state index in [0.29, 0.717) is 29.8 Å². The maximum Gasteiger partial charge on any atom is 0.238 e. The van der Waals surface area contributed by atoms with Crippen LogP contribution in [0.3, 0.4) is 0 Å². The number of hydrogen-bond donors (Lipinski definition) is 1. The van der Waals surface area contributed by atoms with E-state index in [1.54, 1.807) is 72.8 Å². The fourth-order valence-electron chi connectivity index (χ4n) is 7.35. The van der Waals surface area contributed by atoms with Crippen LogP contribution in [0.15, 0.2) is 96.6 Å². The molecular weight excluding hydrogens is 492 g/mol. The third-order valence-corrected chi connectivity index (χ3v) is 8.95. The Morgan fingerprint density at radius 2 is 1.13 bits per heavy atom. The number of rotatable bonds is 3. The van der Waals surface area contributed by atoms with E-state index in [2.05, 4.69) is 0 Å². The summed E-state index contributed by atoms with van der Waals surface area (Å²) in [5, 5.41) is 10.9. The van der Waals surface area contributed by atoms with Crippen LogP contribution in [0.5, 0.6) is 5.75 Å². The predicted octanol–water partition coefficient (Wildman–Crippen LogP) is 4.44. The number of phenols is 1. The second-order valence-corrected chi connectivity index (χ2v) is 10.8. The minimum atomic E-state index is -0.706. The molecule has 4 amide bonds. The van der Waals surface area contributed by atoms with E-state index in [4.69, 9.17) is 0 Å². The lowest BCUT2D eigenvalue weighted by Gasteiger charge is -2.44. The van der Waals surface area contributed by atoms with Gasteiger partial charge in [0.2, 0.25) is 23.6 Å². The van der Waals surface area contributed by atoms with E-state index in [9.17, 15) is 24.3 Å². The third kappa shape index (κ3) is 3.35. The van der Waals surface area contributed by atoms with Crippen molar-refractivity contribution in [3.8, 4) is 5.75 Å². The summed E-state index contributed by atoms with van der Waals surface area (Å²) >= 11 is 0. The van der Waals surface area contributed by atoms with Crippen molar-refractivity contribution in [1.29, 1.82) is 0 Å². The molecule has 7 heteroatoms. The van der Waals surface area contributed by atoms with Crippen LogP contribution < -0.4 is 9.80 Å². The highest BCUT2D eigenvalue weighted by Crippen LogP contribution is 2.59. The molecule has 0 bridgehead atoms. The van der Waals surface area contributed by atoms with Crippen molar-refractivity contribution < 1.29 is 24.3 Å². The molecule has 6 atom stereocenters. The van der Waals surface area contributed by atoms with Gasteiger partial charge >= 0.3 is 0 Å². The molecule has 0 spiro atoms. The Labute approximate surface area is 225 Å². The van der Waals surface area contributed by atoms with Gasteiger partial charge < -0.3 is 5.11 Å². The molecule has 4 aliphatic rings. The van der Waals surface area contributed by atoms with Crippen molar-refractivity contribution in [3.63, 3.8) is 0 Å². The molecule has 39 heavy (non-hydrogen) atoms. The summed E-state index contributed by atoms with van der Waals surface area (Å²) in [6, 6.07) is 24.7. The number of carbonyl (C=O) groups is 4. The summed E-state index contributed by atoms with van der Waals surface area (Å²) in [4.78, 5) is 57.8. The number of fused-ring (bicyclic) bond motifs is 4. The van der Waals surface area contributed by atoms with Gasteiger partial charge in [0.1, 0.15) is 5.75 Å². The number of carbonyl (C=O) groups excluding carboxylic acids is 4. The Kier molecular flexibility index (Phi) is 5.30. The standard InChI is InChI=1S/C32H26N2O5/c35-25-14-8-7-13-21(25)26-20-15-16-22-27(31(38)33(29(22)36)18-9-3-1-4-10-18)23(20)17-24-28(26)32(39)34(30(24)37)19-11-5-2-6-12-19/h1-15,22-24,26-28,35H,16-17H2/t22-,23+,24+,26+,27-,28+/m0/s1. The number of imide groups is 2. The highest BCUT2D eigenvalue weighted by molar-refractivity contribution is 6.24. The molecule has 3 fully saturated rings. The molecule has 0 aromatic heterocycles. The van der Waals surface area contributed by atoms with Gasteiger partial charge in [-0.25, -0.2) is 0 Å². The Bertz CT molecular complexity index is 1550. The van der Waals surface area contributed by atoms with Crippen LogP contribution in [0.4, 0.5) is 11.4 Å². The number of phenolic OH excluding ortho intramolecular Hbond substituents is 1. The summed E-state index contributed by atoms with van der Waals surface area (Å²) in [6.07, 6.45) is 2.66. The molecule has 2 heterocycles. The molecule has 0 radical (unpaired) electrons. The van der Waals surface area contributed by atoms with E-state index in [-0.39, 0.29) is 29.4 Å². The predicted molar refractivity (Wildman–Crippen MR) is 143 cm³/mol. The first kappa shape index (κ1) is 23.6. The zero-order valence-corrected chi connectivity index (χ0v) is 21.0. The van der Waals surface area contributed by atoms with Gasteiger partial charge in [-0.15, -0.1) is 0 Å². The molecule has 2 aliphatic heterocycles. The Balaban J connectivity index is 1.35. The van der Waals surface area contributed by atoms with Gasteiger partial charge in [-0.1, -0.05) is 66.2 Å². The molecule has 0 unspecified atom stereocenters. The number of nitrogens with zero attached hydrogens (tertiary/aromatic N) is 2. The summed E-state index contributed by atoms with van der Waals surface area (Å²) in [6.45, 7) is 0. The molecular formula is C32H26N2O5. The van der Waals surface area contributed by atoms with Crippen molar-refractivity contribution in [1.82, 2.24) is 0 Å². The lowest BCUT2D eigenvalue weighted by molar-refractivity contribution is -0.126. The van der Waals surface area contributed by atoms with Gasteiger partial charge in [-0.3, -0.25) is 29.0 Å². The van der Waals surface area contributed by atoms with Gasteiger partial charge in [0.05, 0.1) is 35.0 Å². The topological polar surface area (TPSA) is 95.0 Å². The fourth-order valence-corrected chi connectivity index (χ4v) is 7.35. The zero-order chi connectivity index (χ0) is 26.8. The molecule has 2 saturated heterocycles. The average Bonchev–Trinajstić information content (AvgIpc) is 3.37. The maximum atomic E-state index is 14.0. The van der Waals surface area contributed by atoms with Crippen LogP contribution >= 0.6 is 0 Å². The van der Waals surface area contributed by atoms with Gasteiger partial charge in [0, 0.05) is 11.5 Å². The van der Waals surface area contributed by atoms with Gasteiger partial charge in [-0.05, 0) is 49.1 Å². The van der Waals surface area contributed by atoms with Crippen LogP contribution in [-0.2, 0) is 19.2 Å². The van der Waals surface area contributed by atoms with E-state index in [1.165, 1.54) is 9.80 Å². The SMILES string of the molecule is O=C1[C@H]2[C@H](CC=C3[C@H]2C[C@H]2C(=O)N(c4ccccc4)C(=O)[C@H]2[C@H]3c2ccccc2O)C(=O)N1c1ccccc1. The zero-order valence-electron chi connectivity index (χ0n) is 21.0. The second kappa shape index (κ2) is 8.76. The van der Waals surface area contributed by atoms with E-state index in [1.807, 2.05) is 18.2 Å². The third-order valence-electron chi connectivity index (χ3n) is 8.95. The average molecular weight is 519 g/mol. The van der Waals surface area contributed by atoms with Crippen molar-refractivity contribution >= 4 is 35.0 Å². The highest BCUT2D eigenvalue weighted by atomic mass is 16.3. The number of benzene rings is 3. The molecule has 7 nitrogen and oxygen atoms in total.